The summed E-state index contributed by atoms with van der Waals surface area (Å²) in [4.78, 5) is 39.5. The monoisotopic (exact) mass is 471 g/mol. The summed E-state index contributed by atoms with van der Waals surface area (Å²) in [6, 6.07) is 7.25. The zero-order chi connectivity index (χ0) is 24.8. The lowest BCUT2D eigenvalue weighted by molar-refractivity contribution is -0.151. The molecule has 3 rings (SSSR count). The van der Waals surface area contributed by atoms with Crippen molar-refractivity contribution in [2.75, 3.05) is 34.0 Å². The Morgan fingerprint density at radius 2 is 1.85 bits per heavy atom. The molecule has 184 valence electrons. The molecule has 0 saturated carbocycles. The van der Waals surface area contributed by atoms with Crippen LogP contribution in [0, 0.1) is 11.8 Å². The number of nitrogens with one attached hydrogen (secondary N) is 1. The second-order valence-electron chi connectivity index (χ2n) is 8.53. The van der Waals surface area contributed by atoms with Crippen LogP contribution in [0.2, 0.25) is 0 Å². The van der Waals surface area contributed by atoms with Crippen molar-refractivity contribution in [2.24, 2.45) is 11.8 Å². The molecule has 2 aliphatic rings. The van der Waals surface area contributed by atoms with E-state index >= 15 is 0 Å². The van der Waals surface area contributed by atoms with Crippen LogP contribution in [-0.4, -0.2) is 51.8 Å². The third-order valence-electron chi connectivity index (χ3n) is 6.22. The smallest absolute Gasteiger partial charge is 0.336 e. The number of dihydropyridines is 1. The van der Waals surface area contributed by atoms with Gasteiger partial charge in [0.25, 0.3) is 0 Å². The van der Waals surface area contributed by atoms with Crippen LogP contribution in [0.4, 0.5) is 0 Å². The quantitative estimate of drug-likeness (QED) is 0.333. The number of allylic oxidation sites excluding steroid dienone is 3. The van der Waals surface area contributed by atoms with E-state index in [0.29, 0.717) is 46.9 Å². The number of rotatable bonds is 9. The Labute approximate surface area is 200 Å². The molecular weight excluding hydrogens is 438 g/mol. The van der Waals surface area contributed by atoms with E-state index in [2.05, 4.69) is 5.32 Å². The Bertz CT molecular complexity index is 1010. The predicted octanol–water partition coefficient (Wildman–Crippen LogP) is 3.28. The van der Waals surface area contributed by atoms with Crippen LogP contribution in [0.25, 0.3) is 0 Å². The predicted molar refractivity (Wildman–Crippen MR) is 125 cm³/mol. The molecule has 1 N–H and O–H groups in total. The standard InChI is InChI=1S/C26H33NO7/c1-6-11-33-12-13-34-26(30)21-16(3)27-18-14-15(2)20(25(29)32-5)24(28)23(18)22(21)17-9-7-8-10-19(17)31-4/h7-10,15,20,22,27H,6,11-14H2,1-5H3/t15-,20+,22+/m0/s1. The van der Waals surface area contributed by atoms with Crippen LogP contribution in [0.1, 0.15) is 45.1 Å². The highest BCUT2D eigenvalue weighted by atomic mass is 16.6. The third kappa shape index (κ3) is 5.01. The lowest BCUT2D eigenvalue weighted by atomic mass is 9.69. The number of hydrogen-bond donors (Lipinski definition) is 1. The SMILES string of the molecule is CCCOCCOC(=O)C1=C(C)NC2=C(C(=O)[C@H](C(=O)OC)[C@@H](C)C2)[C@@H]1c1ccccc1OC. The molecular formula is C26H33NO7. The fourth-order valence-corrected chi connectivity index (χ4v) is 4.68. The molecule has 1 aliphatic carbocycles. The van der Waals surface area contributed by atoms with Crippen molar-refractivity contribution in [1.29, 1.82) is 0 Å². The van der Waals surface area contributed by atoms with Gasteiger partial charge in [-0.05, 0) is 31.7 Å². The van der Waals surface area contributed by atoms with Gasteiger partial charge in [0.1, 0.15) is 18.3 Å². The van der Waals surface area contributed by atoms with Gasteiger partial charge in [0.15, 0.2) is 5.78 Å². The number of carbonyl (C=O) groups is 3. The minimum Gasteiger partial charge on any atom is -0.496 e. The molecule has 0 unspecified atom stereocenters. The summed E-state index contributed by atoms with van der Waals surface area (Å²) in [6.45, 7) is 6.60. The first kappa shape index (κ1) is 25.5. The molecule has 0 fully saturated rings. The number of carbonyl (C=O) groups excluding carboxylic acids is 3. The van der Waals surface area contributed by atoms with Crippen molar-refractivity contribution in [2.45, 2.75) is 39.5 Å². The Morgan fingerprint density at radius 3 is 2.53 bits per heavy atom. The number of ether oxygens (including phenoxy) is 4. The molecule has 1 aromatic rings. The summed E-state index contributed by atoms with van der Waals surface area (Å²) < 4.78 is 21.5. The van der Waals surface area contributed by atoms with E-state index < -0.39 is 23.8 Å². The maximum Gasteiger partial charge on any atom is 0.336 e. The van der Waals surface area contributed by atoms with Crippen LogP contribution >= 0.6 is 0 Å². The van der Waals surface area contributed by atoms with E-state index in [1.807, 2.05) is 32.0 Å². The second kappa shape index (κ2) is 11.3. The molecule has 8 heteroatoms. The zero-order valence-electron chi connectivity index (χ0n) is 20.4. The first-order chi connectivity index (χ1) is 16.3. The number of methoxy groups -OCH3 is 2. The maximum atomic E-state index is 13.7. The maximum absolute atomic E-state index is 13.7. The van der Waals surface area contributed by atoms with Gasteiger partial charge < -0.3 is 24.3 Å². The lowest BCUT2D eigenvalue weighted by Crippen LogP contribution is -2.43. The lowest BCUT2D eigenvalue weighted by Gasteiger charge is -2.38. The van der Waals surface area contributed by atoms with Crippen LogP contribution in [0.3, 0.4) is 0 Å². The minimum absolute atomic E-state index is 0.0932. The summed E-state index contributed by atoms with van der Waals surface area (Å²) in [5, 5.41) is 3.25. The highest BCUT2D eigenvalue weighted by molar-refractivity contribution is 6.12. The van der Waals surface area contributed by atoms with E-state index in [1.165, 1.54) is 14.2 Å². The van der Waals surface area contributed by atoms with E-state index in [0.717, 1.165) is 6.42 Å². The fourth-order valence-electron chi connectivity index (χ4n) is 4.68. The van der Waals surface area contributed by atoms with E-state index in [4.69, 9.17) is 18.9 Å². The topological polar surface area (TPSA) is 100 Å². The molecule has 0 saturated heterocycles. The first-order valence-corrected chi connectivity index (χ1v) is 11.6. The van der Waals surface area contributed by atoms with Crippen LogP contribution < -0.4 is 10.1 Å². The van der Waals surface area contributed by atoms with E-state index in [-0.39, 0.29) is 24.9 Å². The molecule has 0 spiro atoms. The Hall–Kier alpha value is -3.13. The number of benzene rings is 1. The van der Waals surface area contributed by atoms with Gasteiger partial charge >= 0.3 is 11.9 Å². The van der Waals surface area contributed by atoms with Gasteiger partial charge in [0.2, 0.25) is 0 Å². The van der Waals surface area contributed by atoms with Crippen molar-refractivity contribution < 1.29 is 33.3 Å². The molecule has 3 atom stereocenters. The van der Waals surface area contributed by atoms with Gasteiger partial charge in [-0.1, -0.05) is 32.0 Å². The average Bonchev–Trinajstić information content (AvgIpc) is 2.82. The zero-order valence-corrected chi connectivity index (χ0v) is 20.4. The van der Waals surface area contributed by atoms with Crippen molar-refractivity contribution in [1.82, 2.24) is 5.32 Å². The van der Waals surface area contributed by atoms with Crippen molar-refractivity contribution >= 4 is 17.7 Å². The third-order valence-corrected chi connectivity index (χ3v) is 6.22. The molecule has 1 heterocycles. The van der Waals surface area contributed by atoms with Gasteiger partial charge in [-0.15, -0.1) is 0 Å². The highest BCUT2D eigenvalue weighted by Gasteiger charge is 2.47. The Morgan fingerprint density at radius 1 is 1.12 bits per heavy atom. The molecule has 34 heavy (non-hydrogen) atoms. The summed E-state index contributed by atoms with van der Waals surface area (Å²) in [6.07, 6.45) is 1.34. The van der Waals surface area contributed by atoms with Gasteiger partial charge in [0.05, 0.1) is 32.3 Å². The molecule has 0 aromatic heterocycles. The van der Waals surface area contributed by atoms with Gasteiger partial charge in [-0.3, -0.25) is 9.59 Å². The fraction of sp³-hybridized carbons (Fsp3) is 0.500. The van der Waals surface area contributed by atoms with Crippen LogP contribution in [0.15, 0.2) is 46.8 Å². The molecule has 0 bridgehead atoms. The summed E-state index contributed by atoms with van der Waals surface area (Å²) >= 11 is 0. The number of Topliss-reactive ketones (excluding diaryl/α,β-unsaturated/α-hetero) is 1. The van der Waals surface area contributed by atoms with Gasteiger partial charge in [0, 0.05) is 29.1 Å². The molecule has 8 nitrogen and oxygen atoms in total. The number of para-hydroxylation sites is 1. The molecule has 0 amide bonds. The molecule has 1 aliphatic heterocycles. The van der Waals surface area contributed by atoms with Gasteiger partial charge in [-0.2, -0.15) is 0 Å². The molecule has 0 radical (unpaired) electrons. The summed E-state index contributed by atoms with van der Waals surface area (Å²) in [5.41, 5.74) is 2.64. The van der Waals surface area contributed by atoms with Gasteiger partial charge in [-0.25, -0.2) is 4.79 Å². The minimum atomic E-state index is -0.944. The number of ketones is 1. The number of esters is 2. The second-order valence-corrected chi connectivity index (χ2v) is 8.53. The van der Waals surface area contributed by atoms with Crippen molar-refractivity contribution in [3.63, 3.8) is 0 Å². The Balaban J connectivity index is 2.06. The number of hydrogen-bond acceptors (Lipinski definition) is 8. The highest BCUT2D eigenvalue weighted by Crippen LogP contribution is 2.47. The first-order valence-electron chi connectivity index (χ1n) is 11.6. The van der Waals surface area contributed by atoms with E-state index in [1.54, 1.807) is 13.0 Å². The van der Waals surface area contributed by atoms with E-state index in [9.17, 15) is 14.4 Å². The van der Waals surface area contributed by atoms with Crippen molar-refractivity contribution in [3.05, 3.63) is 52.4 Å². The summed E-state index contributed by atoms with van der Waals surface area (Å²) in [7, 11) is 2.81. The van der Waals surface area contributed by atoms with Crippen LogP contribution in [0.5, 0.6) is 5.75 Å². The Kier molecular flexibility index (Phi) is 8.50. The largest absolute Gasteiger partial charge is 0.496 e. The van der Waals surface area contributed by atoms with Crippen LogP contribution in [-0.2, 0) is 28.6 Å². The van der Waals surface area contributed by atoms with Crippen molar-refractivity contribution in [3.8, 4) is 5.75 Å². The normalized spacial score (nSPS) is 22.1. The summed E-state index contributed by atoms with van der Waals surface area (Å²) in [5.74, 6) is -2.88. The molecule has 1 aromatic carbocycles. The average molecular weight is 472 g/mol.